The Labute approximate surface area is 122 Å². The summed E-state index contributed by atoms with van der Waals surface area (Å²) in [7, 11) is 0. The number of anilines is 1. The highest BCUT2D eigenvalue weighted by molar-refractivity contribution is 6.32. The Morgan fingerprint density at radius 3 is 2.85 bits per heavy atom. The van der Waals surface area contributed by atoms with E-state index >= 15 is 0 Å². The minimum Gasteiger partial charge on any atom is -0.324 e. The average Bonchev–Trinajstić information content (AvgIpc) is 3.05. The second-order valence-corrected chi connectivity index (χ2v) is 6.38. The van der Waals surface area contributed by atoms with Gasteiger partial charge in [-0.2, -0.15) is 0 Å². The molecule has 4 heteroatoms. The molecule has 1 amide bonds. The van der Waals surface area contributed by atoms with Crippen LogP contribution in [0.4, 0.5) is 5.69 Å². The molecule has 1 N–H and O–H groups in total. The van der Waals surface area contributed by atoms with Crippen LogP contribution in [0.2, 0.25) is 5.02 Å². The van der Waals surface area contributed by atoms with Crippen molar-refractivity contribution in [2.75, 3.05) is 5.32 Å². The van der Waals surface area contributed by atoms with Crippen LogP contribution in [-0.2, 0) is 4.79 Å². The quantitative estimate of drug-likeness (QED) is 0.910. The number of carbonyl (C=O) groups excluding carboxylic acids is 1. The Morgan fingerprint density at radius 1 is 1.25 bits per heavy atom. The minimum absolute atomic E-state index is 0.117. The third-order valence-electron chi connectivity index (χ3n) is 4.54. The Bertz CT molecular complexity index is 690. The van der Waals surface area contributed by atoms with Gasteiger partial charge in [-0.1, -0.05) is 17.7 Å². The van der Waals surface area contributed by atoms with Crippen LogP contribution in [0.3, 0.4) is 0 Å². The summed E-state index contributed by atoms with van der Waals surface area (Å²) in [6, 6.07) is 7.47. The Kier molecular flexibility index (Phi) is 2.71. The number of benzene rings is 1. The molecule has 0 aliphatic heterocycles. The Morgan fingerprint density at radius 2 is 2.05 bits per heavy atom. The van der Waals surface area contributed by atoms with Crippen LogP contribution in [0.25, 0.3) is 10.9 Å². The topological polar surface area (TPSA) is 42.0 Å². The van der Waals surface area contributed by atoms with Crippen molar-refractivity contribution in [3.8, 4) is 0 Å². The van der Waals surface area contributed by atoms with E-state index < -0.39 is 0 Å². The fraction of sp³-hybridized carbons (Fsp3) is 0.375. The van der Waals surface area contributed by atoms with Gasteiger partial charge in [0.1, 0.15) is 0 Å². The van der Waals surface area contributed by atoms with Crippen molar-refractivity contribution < 1.29 is 4.79 Å². The minimum atomic E-state index is 0.117. The zero-order chi connectivity index (χ0) is 13.7. The van der Waals surface area contributed by atoms with Crippen LogP contribution < -0.4 is 5.32 Å². The molecule has 20 heavy (non-hydrogen) atoms. The van der Waals surface area contributed by atoms with Crippen LogP contribution in [-0.4, -0.2) is 10.9 Å². The van der Waals surface area contributed by atoms with E-state index in [4.69, 9.17) is 11.6 Å². The van der Waals surface area contributed by atoms with E-state index in [0.29, 0.717) is 5.02 Å². The third kappa shape index (κ3) is 2.06. The molecule has 2 fully saturated rings. The standard InChI is InChI=1S/C16H15ClN2O/c17-13-7-9-2-1-3-18-15(9)14(8-13)19-16(20)12-5-10-4-11(10)6-12/h1-3,7-8,10-12H,4-6H2,(H,19,20). The van der Waals surface area contributed by atoms with E-state index in [1.54, 1.807) is 12.3 Å². The van der Waals surface area contributed by atoms with E-state index in [0.717, 1.165) is 41.3 Å². The highest BCUT2D eigenvalue weighted by atomic mass is 35.5. The van der Waals surface area contributed by atoms with E-state index in [1.807, 2.05) is 18.2 Å². The summed E-state index contributed by atoms with van der Waals surface area (Å²) in [5.74, 6) is 1.89. The van der Waals surface area contributed by atoms with Crippen LogP contribution in [0.1, 0.15) is 19.3 Å². The van der Waals surface area contributed by atoms with Crippen LogP contribution in [0, 0.1) is 17.8 Å². The van der Waals surface area contributed by atoms with Crippen molar-refractivity contribution in [3.05, 3.63) is 35.5 Å². The SMILES string of the molecule is O=C(Nc1cc(Cl)cc2cccnc12)C1CC2CC2C1. The van der Waals surface area contributed by atoms with Gasteiger partial charge in [0, 0.05) is 22.5 Å². The van der Waals surface area contributed by atoms with Gasteiger partial charge in [-0.15, -0.1) is 0 Å². The highest BCUT2D eigenvalue weighted by Crippen LogP contribution is 2.54. The number of aromatic nitrogens is 1. The van der Waals surface area contributed by atoms with Crippen molar-refractivity contribution in [1.82, 2.24) is 4.98 Å². The lowest BCUT2D eigenvalue weighted by Crippen LogP contribution is -2.21. The van der Waals surface area contributed by atoms with E-state index in [-0.39, 0.29) is 11.8 Å². The molecule has 1 aromatic heterocycles. The number of pyridine rings is 1. The van der Waals surface area contributed by atoms with Crippen molar-refractivity contribution in [3.63, 3.8) is 0 Å². The summed E-state index contributed by atoms with van der Waals surface area (Å²) in [6.45, 7) is 0. The van der Waals surface area contributed by atoms with Gasteiger partial charge in [0.25, 0.3) is 0 Å². The summed E-state index contributed by atoms with van der Waals surface area (Å²) in [6.07, 6.45) is 5.15. The zero-order valence-electron chi connectivity index (χ0n) is 11.0. The van der Waals surface area contributed by atoms with Gasteiger partial charge >= 0.3 is 0 Å². The smallest absolute Gasteiger partial charge is 0.227 e. The summed E-state index contributed by atoms with van der Waals surface area (Å²) in [5, 5.41) is 4.59. The first-order valence-corrected chi connectivity index (χ1v) is 7.43. The second-order valence-electron chi connectivity index (χ2n) is 5.94. The molecule has 2 aliphatic rings. The van der Waals surface area contributed by atoms with E-state index in [1.165, 1.54) is 6.42 Å². The van der Waals surface area contributed by atoms with Crippen molar-refractivity contribution in [2.24, 2.45) is 17.8 Å². The first kappa shape index (κ1) is 12.2. The van der Waals surface area contributed by atoms with Crippen molar-refractivity contribution in [1.29, 1.82) is 0 Å². The van der Waals surface area contributed by atoms with Gasteiger partial charge in [-0.05, 0) is 49.3 Å². The first-order valence-electron chi connectivity index (χ1n) is 7.06. The van der Waals surface area contributed by atoms with Gasteiger partial charge in [0.15, 0.2) is 0 Å². The van der Waals surface area contributed by atoms with Gasteiger partial charge in [-0.3, -0.25) is 9.78 Å². The Hall–Kier alpha value is -1.61. The van der Waals surface area contributed by atoms with Crippen LogP contribution >= 0.6 is 11.6 Å². The maximum Gasteiger partial charge on any atom is 0.227 e. The normalized spacial score (nSPS) is 27.4. The van der Waals surface area contributed by atoms with Gasteiger partial charge < -0.3 is 5.32 Å². The molecule has 0 radical (unpaired) electrons. The number of fused-ring (bicyclic) bond motifs is 2. The lowest BCUT2D eigenvalue weighted by molar-refractivity contribution is -0.119. The number of hydrogen-bond acceptors (Lipinski definition) is 2. The third-order valence-corrected chi connectivity index (χ3v) is 4.76. The molecule has 2 atom stereocenters. The number of nitrogens with zero attached hydrogens (tertiary/aromatic N) is 1. The molecule has 102 valence electrons. The van der Waals surface area contributed by atoms with Crippen molar-refractivity contribution in [2.45, 2.75) is 19.3 Å². The molecule has 2 aliphatic carbocycles. The lowest BCUT2D eigenvalue weighted by Gasteiger charge is -2.14. The number of rotatable bonds is 2. The molecular formula is C16H15ClN2O. The predicted octanol–water partition coefficient (Wildman–Crippen LogP) is 3.87. The van der Waals surface area contributed by atoms with Gasteiger partial charge in [-0.25, -0.2) is 0 Å². The number of hydrogen-bond donors (Lipinski definition) is 1. The van der Waals surface area contributed by atoms with E-state index in [2.05, 4.69) is 10.3 Å². The largest absolute Gasteiger partial charge is 0.324 e. The fourth-order valence-corrected chi connectivity index (χ4v) is 3.64. The number of amides is 1. The molecule has 2 unspecified atom stereocenters. The summed E-state index contributed by atoms with van der Waals surface area (Å²) in [5.41, 5.74) is 1.52. The molecule has 1 heterocycles. The van der Waals surface area contributed by atoms with E-state index in [9.17, 15) is 4.79 Å². The lowest BCUT2D eigenvalue weighted by atomic mass is 10.0. The van der Waals surface area contributed by atoms with Crippen LogP contribution in [0.5, 0.6) is 0 Å². The number of carbonyl (C=O) groups is 1. The average molecular weight is 287 g/mol. The maximum atomic E-state index is 12.4. The molecule has 0 bridgehead atoms. The molecular weight excluding hydrogens is 272 g/mol. The monoisotopic (exact) mass is 286 g/mol. The van der Waals surface area contributed by atoms with Gasteiger partial charge in [0.05, 0.1) is 11.2 Å². The summed E-state index contributed by atoms with van der Waals surface area (Å²) >= 11 is 6.12. The molecule has 0 spiro atoms. The zero-order valence-corrected chi connectivity index (χ0v) is 11.7. The molecule has 3 nitrogen and oxygen atoms in total. The molecule has 0 saturated heterocycles. The molecule has 1 aromatic carbocycles. The fourth-order valence-electron chi connectivity index (χ4n) is 3.41. The number of nitrogens with one attached hydrogen (secondary N) is 1. The predicted molar refractivity (Wildman–Crippen MR) is 79.7 cm³/mol. The molecule has 4 rings (SSSR count). The number of halogens is 1. The summed E-state index contributed by atoms with van der Waals surface area (Å²) < 4.78 is 0. The Balaban J connectivity index is 1.63. The maximum absolute atomic E-state index is 12.4. The van der Waals surface area contributed by atoms with Gasteiger partial charge in [0.2, 0.25) is 5.91 Å². The summed E-state index contributed by atoms with van der Waals surface area (Å²) in [4.78, 5) is 16.7. The van der Waals surface area contributed by atoms with Crippen LogP contribution in [0.15, 0.2) is 30.5 Å². The highest BCUT2D eigenvalue weighted by Gasteiger charge is 2.48. The second kappa shape index (κ2) is 4.45. The molecule has 2 saturated carbocycles. The molecule has 2 aromatic rings. The van der Waals surface area contributed by atoms with Crippen molar-refractivity contribution >= 4 is 34.1 Å². The first-order chi connectivity index (χ1) is 9.70.